The molecule has 0 N–H and O–H groups in total. The molecule has 0 amide bonds. The van der Waals surface area contributed by atoms with Crippen molar-refractivity contribution >= 4 is 36.2 Å². The van der Waals surface area contributed by atoms with Crippen molar-refractivity contribution in [3.63, 3.8) is 0 Å². The molecule has 0 aromatic carbocycles. The summed E-state index contributed by atoms with van der Waals surface area (Å²) in [7, 11) is -1.36. The lowest BCUT2D eigenvalue weighted by Gasteiger charge is -2.25. The average molecular weight is 278 g/mol. The van der Waals surface area contributed by atoms with Crippen LogP contribution in [0.25, 0.3) is 0 Å². The van der Waals surface area contributed by atoms with Crippen molar-refractivity contribution in [3.8, 4) is 0 Å². The van der Waals surface area contributed by atoms with Crippen molar-refractivity contribution in [2.45, 2.75) is 38.9 Å². The molecule has 2 nitrogen and oxygen atoms in total. The minimum Gasteiger partial charge on any atom is -0.417 e. The molecule has 1 aliphatic rings. The van der Waals surface area contributed by atoms with E-state index in [4.69, 9.17) is 4.43 Å². The summed E-state index contributed by atoms with van der Waals surface area (Å²) in [6, 6.07) is 2.53. The summed E-state index contributed by atoms with van der Waals surface area (Å²) in [5.74, 6) is 2.39. The van der Waals surface area contributed by atoms with Gasteiger partial charge in [0.05, 0.1) is 6.54 Å². The smallest absolute Gasteiger partial charge is 0.189 e. The first-order valence-electron chi connectivity index (χ1n) is 6.14. The third kappa shape index (κ3) is 5.25. The van der Waals surface area contributed by atoms with Crippen LogP contribution < -0.4 is 0 Å². The molecule has 0 aromatic rings. The SMILES string of the molecule is CCO[Si](C)(CC)CCCSC1=NCCS1. The molecular formula is C11H23NOS2Si. The van der Waals surface area contributed by atoms with Crippen molar-refractivity contribution < 1.29 is 4.43 Å². The van der Waals surface area contributed by atoms with Gasteiger partial charge in [0, 0.05) is 12.4 Å². The summed E-state index contributed by atoms with van der Waals surface area (Å²) in [4.78, 5) is 4.45. The van der Waals surface area contributed by atoms with Gasteiger partial charge in [0.1, 0.15) is 4.38 Å². The number of thioether (sulfide) groups is 2. The van der Waals surface area contributed by atoms with Crippen LogP contribution >= 0.6 is 23.5 Å². The fraction of sp³-hybridized carbons (Fsp3) is 0.909. The van der Waals surface area contributed by atoms with Crippen LogP contribution in [0.4, 0.5) is 0 Å². The zero-order valence-corrected chi connectivity index (χ0v) is 13.3. The molecule has 1 atom stereocenters. The maximum absolute atomic E-state index is 5.94. The van der Waals surface area contributed by atoms with Gasteiger partial charge >= 0.3 is 0 Å². The third-order valence-corrected chi connectivity index (χ3v) is 9.11. The van der Waals surface area contributed by atoms with Gasteiger partial charge in [-0.05, 0) is 37.7 Å². The summed E-state index contributed by atoms with van der Waals surface area (Å²) >= 11 is 3.84. The summed E-state index contributed by atoms with van der Waals surface area (Å²) < 4.78 is 7.25. The lowest BCUT2D eigenvalue weighted by atomic mass is 10.6. The Hall–Kier alpha value is 0.547. The van der Waals surface area contributed by atoms with E-state index in [0.717, 1.165) is 13.2 Å². The Morgan fingerprint density at radius 1 is 1.50 bits per heavy atom. The number of hydrogen-bond acceptors (Lipinski definition) is 4. The molecule has 0 aliphatic carbocycles. The summed E-state index contributed by atoms with van der Waals surface area (Å²) in [6.45, 7) is 8.65. The van der Waals surface area contributed by atoms with Crippen molar-refractivity contribution in [1.29, 1.82) is 0 Å². The Balaban J connectivity index is 2.13. The van der Waals surface area contributed by atoms with E-state index in [2.05, 4.69) is 25.4 Å². The molecule has 0 aromatic heterocycles. The van der Waals surface area contributed by atoms with Crippen LogP contribution in [0.1, 0.15) is 20.3 Å². The van der Waals surface area contributed by atoms with Crippen molar-refractivity contribution in [2.75, 3.05) is 24.7 Å². The van der Waals surface area contributed by atoms with Crippen LogP contribution in [0.2, 0.25) is 18.6 Å². The zero-order valence-electron chi connectivity index (χ0n) is 10.6. The molecule has 0 saturated carbocycles. The van der Waals surface area contributed by atoms with Crippen LogP contribution in [-0.4, -0.2) is 37.4 Å². The van der Waals surface area contributed by atoms with E-state index in [0.29, 0.717) is 0 Å². The van der Waals surface area contributed by atoms with Gasteiger partial charge in [0.15, 0.2) is 8.32 Å². The fourth-order valence-corrected chi connectivity index (χ4v) is 6.31. The molecule has 0 saturated heterocycles. The summed E-state index contributed by atoms with van der Waals surface area (Å²) in [6.07, 6.45) is 1.28. The second-order valence-electron chi connectivity index (χ2n) is 4.18. The highest BCUT2D eigenvalue weighted by Gasteiger charge is 2.25. The largest absolute Gasteiger partial charge is 0.417 e. The Bertz CT molecular complexity index is 238. The molecule has 1 aliphatic heterocycles. The molecule has 0 bridgehead atoms. The molecule has 5 heteroatoms. The maximum Gasteiger partial charge on any atom is 0.189 e. The van der Waals surface area contributed by atoms with Crippen molar-refractivity contribution in [1.82, 2.24) is 0 Å². The van der Waals surface area contributed by atoms with Crippen LogP contribution in [0, 0.1) is 0 Å². The minimum absolute atomic E-state index is 0.881. The Morgan fingerprint density at radius 3 is 2.88 bits per heavy atom. The van der Waals surface area contributed by atoms with E-state index in [9.17, 15) is 0 Å². The van der Waals surface area contributed by atoms with Gasteiger partial charge in [-0.15, -0.1) is 11.8 Å². The molecule has 16 heavy (non-hydrogen) atoms. The second kappa shape index (κ2) is 7.79. The van der Waals surface area contributed by atoms with Gasteiger partial charge in [0.2, 0.25) is 0 Å². The summed E-state index contributed by atoms with van der Waals surface area (Å²) in [5.41, 5.74) is 0. The second-order valence-corrected chi connectivity index (χ2v) is 11.0. The molecule has 1 rings (SSSR count). The van der Waals surface area contributed by atoms with Gasteiger partial charge in [0.25, 0.3) is 0 Å². The van der Waals surface area contributed by atoms with E-state index in [1.807, 2.05) is 23.5 Å². The van der Waals surface area contributed by atoms with Crippen LogP contribution in [0.3, 0.4) is 0 Å². The molecule has 1 unspecified atom stereocenters. The molecule has 0 radical (unpaired) electrons. The van der Waals surface area contributed by atoms with Gasteiger partial charge in [-0.2, -0.15) is 0 Å². The predicted octanol–water partition coefficient (Wildman–Crippen LogP) is 3.84. The highest BCUT2D eigenvalue weighted by atomic mass is 32.2. The Labute approximate surface area is 109 Å². The molecule has 1 heterocycles. The van der Waals surface area contributed by atoms with E-state index < -0.39 is 8.32 Å². The molecule has 0 spiro atoms. The molecule has 94 valence electrons. The first kappa shape index (κ1) is 14.6. The molecule has 0 fully saturated rings. The maximum atomic E-state index is 5.94. The van der Waals surface area contributed by atoms with Crippen molar-refractivity contribution in [2.24, 2.45) is 4.99 Å². The standard InChI is InChI=1S/C11H23NOS2Si/c1-4-13-16(3,5-2)10-6-8-14-11-12-7-9-15-11/h4-10H2,1-3H3. The van der Waals surface area contributed by atoms with Gasteiger partial charge in [-0.25, -0.2) is 0 Å². The average Bonchev–Trinajstić information content (AvgIpc) is 2.78. The molecular weight excluding hydrogens is 254 g/mol. The highest BCUT2D eigenvalue weighted by molar-refractivity contribution is 8.39. The van der Waals surface area contributed by atoms with Crippen LogP contribution in [-0.2, 0) is 4.43 Å². The topological polar surface area (TPSA) is 21.6 Å². The number of aliphatic imine (C=N–C) groups is 1. The summed E-state index contributed by atoms with van der Waals surface area (Å²) in [5, 5.41) is 0. The quantitative estimate of drug-likeness (QED) is 0.521. The van der Waals surface area contributed by atoms with Crippen LogP contribution in [0.15, 0.2) is 4.99 Å². The lowest BCUT2D eigenvalue weighted by molar-refractivity contribution is 0.324. The predicted molar refractivity (Wildman–Crippen MR) is 80.4 cm³/mol. The Kier molecular flexibility index (Phi) is 7.11. The lowest BCUT2D eigenvalue weighted by Crippen LogP contribution is -2.33. The monoisotopic (exact) mass is 277 g/mol. The number of hydrogen-bond donors (Lipinski definition) is 0. The van der Waals surface area contributed by atoms with E-state index in [1.54, 1.807) is 0 Å². The fourth-order valence-electron chi connectivity index (χ4n) is 1.71. The number of rotatable bonds is 7. The number of nitrogens with zero attached hydrogens (tertiary/aromatic N) is 1. The van der Waals surface area contributed by atoms with Crippen LogP contribution in [0.5, 0.6) is 0 Å². The van der Waals surface area contributed by atoms with E-state index in [-0.39, 0.29) is 0 Å². The normalized spacial score (nSPS) is 19.6. The van der Waals surface area contributed by atoms with Gasteiger partial charge in [-0.1, -0.05) is 18.7 Å². The zero-order chi connectivity index (χ0) is 11.9. The highest BCUT2D eigenvalue weighted by Crippen LogP contribution is 2.25. The van der Waals surface area contributed by atoms with E-state index >= 15 is 0 Å². The Morgan fingerprint density at radius 2 is 2.31 bits per heavy atom. The van der Waals surface area contributed by atoms with Crippen molar-refractivity contribution in [3.05, 3.63) is 0 Å². The van der Waals surface area contributed by atoms with Gasteiger partial charge in [-0.3, -0.25) is 4.99 Å². The first-order valence-corrected chi connectivity index (χ1v) is 10.9. The third-order valence-electron chi connectivity index (χ3n) is 2.87. The van der Waals surface area contributed by atoms with E-state index in [1.165, 1.54) is 34.4 Å². The first-order chi connectivity index (χ1) is 7.70. The van der Waals surface area contributed by atoms with Gasteiger partial charge < -0.3 is 4.43 Å². The minimum atomic E-state index is -1.36.